The molecule has 1 aliphatic rings. The van der Waals surface area contributed by atoms with Crippen LogP contribution < -0.4 is 5.32 Å². The standard InChI is InChI=1S/C10H13BrClN3/c11-8-9(12)14-6-15-10(8)13-5-1-2-7-3-4-7/h6-7H,1-5H2,(H,13,14,15). The van der Waals surface area contributed by atoms with Gasteiger partial charge in [0.2, 0.25) is 0 Å². The third-order valence-corrected chi connectivity index (χ3v) is 3.79. The van der Waals surface area contributed by atoms with Crippen molar-refractivity contribution in [3.8, 4) is 0 Å². The minimum Gasteiger partial charge on any atom is -0.369 e. The van der Waals surface area contributed by atoms with Crippen molar-refractivity contribution in [2.24, 2.45) is 5.92 Å². The van der Waals surface area contributed by atoms with Crippen molar-refractivity contribution < 1.29 is 0 Å². The predicted molar refractivity (Wildman–Crippen MR) is 65.2 cm³/mol. The predicted octanol–water partition coefficient (Wildman–Crippen LogP) is 3.49. The molecule has 2 rings (SSSR count). The first-order chi connectivity index (χ1) is 7.27. The third-order valence-electron chi connectivity index (χ3n) is 2.53. The second kappa shape index (κ2) is 5.12. The molecule has 5 heteroatoms. The summed E-state index contributed by atoms with van der Waals surface area (Å²) in [4.78, 5) is 7.99. The molecule has 0 atom stereocenters. The van der Waals surface area contributed by atoms with Gasteiger partial charge in [0.15, 0.2) is 0 Å². The lowest BCUT2D eigenvalue weighted by Crippen LogP contribution is -2.04. The molecular formula is C10H13BrClN3. The van der Waals surface area contributed by atoms with Crippen LogP contribution in [0.3, 0.4) is 0 Å². The van der Waals surface area contributed by atoms with Crippen molar-refractivity contribution in [2.45, 2.75) is 25.7 Å². The second-order valence-corrected chi connectivity index (χ2v) is 4.99. The van der Waals surface area contributed by atoms with E-state index in [1.807, 2.05) is 0 Å². The summed E-state index contributed by atoms with van der Waals surface area (Å²) >= 11 is 9.20. The fourth-order valence-corrected chi connectivity index (χ4v) is 1.95. The van der Waals surface area contributed by atoms with Gasteiger partial charge in [0.25, 0.3) is 0 Å². The van der Waals surface area contributed by atoms with E-state index in [0.29, 0.717) is 5.15 Å². The van der Waals surface area contributed by atoms with E-state index in [9.17, 15) is 0 Å². The van der Waals surface area contributed by atoms with Gasteiger partial charge in [0.05, 0.1) is 4.47 Å². The van der Waals surface area contributed by atoms with E-state index in [1.54, 1.807) is 0 Å². The molecule has 82 valence electrons. The Morgan fingerprint density at radius 2 is 2.27 bits per heavy atom. The molecule has 0 saturated heterocycles. The van der Waals surface area contributed by atoms with Gasteiger partial charge in [-0.15, -0.1) is 0 Å². The zero-order valence-electron chi connectivity index (χ0n) is 8.34. The van der Waals surface area contributed by atoms with Crippen molar-refractivity contribution in [2.75, 3.05) is 11.9 Å². The molecule has 15 heavy (non-hydrogen) atoms. The smallest absolute Gasteiger partial charge is 0.148 e. The van der Waals surface area contributed by atoms with Crippen molar-refractivity contribution >= 4 is 33.3 Å². The fraction of sp³-hybridized carbons (Fsp3) is 0.600. The van der Waals surface area contributed by atoms with Gasteiger partial charge in [-0.3, -0.25) is 0 Å². The summed E-state index contributed by atoms with van der Waals surface area (Å²) in [6.45, 7) is 0.947. The summed E-state index contributed by atoms with van der Waals surface area (Å²) in [7, 11) is 0. The lowest BCUT2D eigenvalue weighted by Gasteiger charge is -2.07. The van der Waals surface area contributed by atoms with E-state index in [1.165, 1.54) is 32.0 Å². The van der Waals surface area contributed by atoms with E-state index >= 15 is 0 Å². The summed E-state index contributed by atoms with van der Waals surface area (Å²) in [5.74, 6) is 1.77. The molecule has 1 N–H and O–H groups in total. The van der Waals surface area contributed by atoms with Crippen LogP contribution in [-0.4, -0.2) is 16.5 Å². The van der Waals surface area contributed by atoms with Gasteiger partial charge in [-0.25, -0.2) is 9.97 Å². The monoisotopic (exact) mass is 289 g/mol. The molecule has 0 radical (unpaired) electrons. The van der Waals surface area contributed by atoms with E-state index in [4.69, 9.17) is 11.6 Å². The maximum Gasteiger partial charge on any atom is 0.148 e. The third kappa shape index (κ3) is 3.31. The summed E-state index contributed by atoms with van der Waals surface area (Å²) in [5, 5.41) is 3.71. The molecule has 0 bridgehead atoms. The SMILES string of the molecule is Clc1ncnc(NCCCC2CC2)c1Br. The molecule has 1 aliphatic carbocycles. The molecule has 0 aliphatic heterocycles. The average molecular weight is 291 g/mol. The van der Waals surface area contributed by atoms with Crippen LogP contribution in [0.4, 0.5) is 5.82 Å². The van der Waals surface area contributed by atoms with Crippen LogP contribution in [0.2, 0.25) is 5.15 Å². The molecule has 1 heterocycles. The average Bonchev–Trinajstić information content (AvgIpc) is 3.02. The molecule has 1 aromatic rings. The fourth-order valence-electron chi connectivity index (χ4n) is 1.48. The molecule has 0 unspecified atom stereocenters. The number of nitrogens with one attached hydrogen (secondary N) is 1. The Hall–Kier alpha value is -0.350. The maximum atomic E-state index is 5.85. The Kier molecular flexibility index (Phi) is 3.81. The molecule has 0 aromatic carbocycles. The summed E-state index contributed by atoms with van der Waals surface area (Å²) in [6, 6.07) is 0. The molecular weight excluding hydrogens is 277 g/mol. The van der Waals surface area contributed by atoms with Crippen LogP contribution in [0.1, 0.15) is 25.7 Å². The van der Waals surface area contributed by atoms with E-state index in [2.05, 4.69) is 31.2 Å². The summed E-state index contributed by atoms with van der Waals surface area (Å²) < 4.78 is 0.748. The number of anilines is 1. The Bertz CT molecular complexity index is 341. The number of rotatable bonds is 5. The molecule has 0 spiro atoms. The second-order valence-electron chi connectivity index (χ2n) is 3.84. The number of hydrogen-bond acceptors (Lipinski definition) is 3. The Morgan fingerprint density at radius 3 is 3.00 bits per heavy atom. The first-order valence-corrected chi connectivity index (χ1v) is 6.34. The van der Waals surface area contributed by atoms with Crippen LogP contribution in [0.25, 0.3) is 0 Å². The topological polar surface area (TPSA) is 37.8 Å². The lowest BCUT2D eigenvalue weighted by molar-refractivity contribution is 0.686. The van der Waals surface area contributed by atoms with Crippen molar-refractivity contribution in [1.29, 1.82) is 0 Å². The highest BCUT2D eigenvalue weighted by Gasteiger charge is 2.20. The van der Waals surface area contributed by atoms with Gasteiger partial charge in [-0.1, -0.05) is 24.4 Å². The van der Waals surface area contributed by atoms with Gasteiger partial charge in [-0.2, -0.15) is 0 Å². The largest absolute Gasteiger partial charge is 0.369 e. The summed E-state index contributed by atoms with van der Waals surface area (Å²) in [6.07, 6.45) is 6.82. The Balaban J connectivity index is 1.78. The normalized spacial score (nSPS) is 15.3. The lowest BCUT2D eigenvalue weighted by atomic mass is 10.2. The van der Waals surface area contributed by atoms with E-state index in [0.717, 1.165) is 22.8 Å². The highest BCUT2D eigenvalue weighted by Crippen LogP contribution is 2.33. The van der Waals surface area contributed by atoms with Gasteiger partial charge >= 0.3 is 0 Å². The van der Waals surface area contributed by atoms with Crippen LogP contribution in [-0.2, 0) is 0 Å². The summed E-state index contributed by atoms with van der Waals surface area (Å²) in [5.41, 5.74) is 0. The van der Waals surface area contributed by atoms with E-state index in [-0.39, 0.29) is 0 Å². The molecule has 1 aromatic heterocycles. The van der Waals surface area contributed by atoms with Crippen molar-refractivity contribution in [3.63, 3.8) is 0 Å². The van der Waals surface area contributed by atoms with Gasteiger partial charge < -0.3 is 5.32 Å². The molecule has 1 saturated carbocycles. The zero-order valence-corrected chi connectivity index (χ0v) is 10.7. The van der Waals surface area contributed by atoms with Crippen molar-refractivity contribution in [3.05, 3.63) is 16.0 Å². The number of halogens is 2. The molecule has 0 amide bonds. The minimum atomic E-state index is 0.453. The molecule has 1 fully saturated rings. The first-order valence-electron chi connectivity index (χ1n) is 5.17. The van der Waals surface area contributed by atoms with Gasteiger partial charge in [0, 0.05) is 6.54 Å². The number of aromatic nitrogens is 2. The zero-order chi connectivity index (χ0) is 10.7. The van der Waals surface area contributed by atoms with Gasteiger partial charge in [0.1, 0.15) is 17.3 Å². The number of nitrogens with zero attached hydrogens (tertiary/aromatic N) is 2. The number of hydrogen-bond donors (Lipinski definition) is 1. The van der Waals surface area contributed by atoms with Crippen LogP contribution >= 0.6 is 27.5 Å². The van der Waals surface area contributed by atoms with Gasteiger partial charge in [-0.05, 0) is 34.7 Å². The van der Waals surface area contributed by atoms with E-state index < -0.39 is 0 Å². The van der Waals surface area contributed by atoms with Crippen molar-refractivity contribution in [1.82, 2.24) is 9.97 Å². The maximum absolute atomic E-state index is 5.85. The molecule has 3 nitrogen and oxygen atoms in total. The van der Waals surface area contributed by atoms with Crippen LogP contribution in [0, 0.1) is 5.92 Å². The van der Waals surface area contributed by atoms with Crippen LogP contribution in [0.5, 0.6) is 0 Å². The first kappa shape index (κ1) is 11.1. The quantitative estimate of drug-likeness (QED) is 0.666. The Morgan fingerprint density at radius 1 is 1.47 bits per heavy atom. The van der Waals surface area contributed by atoms with Crippen LogP contribution in [0.15, 0.2) is 10.8 Å². The minimum absolute atomic E-state index is 0.453. The highest BCUT2D eigenvalue weighted by molar-refractivity contribution is 9.10. The highest BCUT2D eigenvalue weighted by atomic mass is 79.9. The Labute approximate surface area is 103 Å².